The maximum absolute atomic E-state index is 3.49. The van der Waals surface area contributed by atoms with Crippen LogP contribution in [0.15, 0.2) is 24.3 Å². The zero-order valence-electron chi connectivity index (χ0n) is 11.1. The van der Waals surface area contributed by atoms with E-state index in [1.807, 2.05) is 0 Å². The van der Waals surface area contributed by atoms with Crippen molar-refractivity contribution in [1.29, 1.82) is 0 Å². The van der Waals surface area contributed by atoms with Gasteiger partial charge in [-0.3, -0.25) is 0 Å². The van der Waals surface area contributed by atoms with Gasteiger partial charge in [0.2, 0.25) is 0 Å². The van der Waals surface area contributed by atoms with Crippen molar-refractivity contribution in [3.8, 4) is 0 Å². The smallest absolute Gasteiger partial charge is 0.0390 e. The first-order chi connectivity index (χ1) is 8.90. The maximum atomic E-state index is 3.49. The van der Waals surface area contributed by atoms with E-state index in [1.54, 1.807) is 0 Å². The molecule has 2 aliphatic rings. The zero-order valence-corrected chi connectivity index (χ0v) is 11.1. The van der Waals surface area contributed by atoms with Gasteiger partial charge in [-0.1, -0.05) is 56.5 Å². The third kappa shape index (κ3) is 2.05. The van der Waals surface area contributed by atoms with Gasteiger partial charge >= 0.3 is 0 Å². The summed E-state index contributed by atoms with van der Waals surface area (Å²) in [7, 11) is 0. The van der Waals surface area contributed by atoms with Crippen LogP contribution in [0.1, 0.15) is 39.0 Å². The fourth-order valence-corrected chi connectivity index (χ4v) is 3.18. The molecule has 3 rings (SSSR count). The van der Waals surface area contributed by atoms with Gasteiger partial charge in [-0.25, -0.2) is 5.43 Å². The molecule has 1 aromatic rings. The lowest BCUT2D eigenvalue weighted by Crippen LogP contribution is -2.35. The molecule has 0 saturated carbocycles. The van der Waals surface area contributed by atoms with Crippen molar-refractivity contribution in [3.63, 3.8) is 0 Å². The molecule has 0 spiro atoms. The second-order valence-electron chi connectivity index (χ2n) is 5.42. The van der Waals surface area contributed by atoms with Crippen molar-refractivity contribution in [2.75, 3.05) is 0 Å². The van der Waals surface area contributed by atoms with Gasteiger partial charge < -0.3 is 5.43 Å². The van der Waals surface area contributed by atoms with Crippen LogP contribution >= 0.6 is 0 Å². The van der Waals surface area contributed by atoms with Crippen LogP contribution in [0.25, 0.3) is 11.8 Å². The minimum Gasteiger partial charge on any atom is -0.324 e. The lowest BCUT2D eigenvalue weighted by atomic mass is 9.87. The molecular formula is C16H22N2. The van der Waals surface area contributed by atoms with Crippen LogP contribution in [0.2, 0.25) is 0 Å². The Hall–Kier alpha value is -1.28. The molecule has 1 aromatic carbocycles. The summed E-state index contributed by atoms with van der Waals surface area (Å²) < 4.78 is 0. The first kappa shape index (κ1) is 11.8. The molecule has 1 aliphatic heterocycles. The Balaban J connectivity index is 1.84. The van der Waals surface area contributed by atoms with Crippen LogP contribution in [0.5, 0.6) is 0 Å². The molecule has 1 aliphatic carbocycles. The standard InChI is InChI=1S/C16H22N2/c1-2-3-4-9-15-14-11-10-12-7-5-6-8-13(12)16(14)18-17-15/h5-8,10,14-15,17-18H,2-4,9,11H2,1H3. The summed E-state index contributed by atoms with van der Waals surface area (Å²) in [6.45, 7) is 2.27. The number of unbranched alkanes of at least 4 members (excludes halogenated alkanes) is 2. The highest BCUT2D eigenvalue weighted by atomic mass is 15.4. The summed E-state index contributed by atoms with van der Waals surface area (Å²) in [6, 6.07) is 9.31. The van der Waals surface area contributed by atoms with E-state index in [1.165, 1.54) is 48.2 Å². The normalized spacial score (nSPS) is 25.1. The molecule has 96 valence electrons. The highest BCUT2D eigenvalue weighted by molar-refractivity contribution is 5.55. The number of hydrogen-bond donors (Lipinski definition) is 2. The molecule has 0 amide bonds. The molecule has 2 unspecified atom stereocenters. The highest BCUT2D eigenvalue weighted by Gasteiger charge is 2.31. The number of benzene rings is 1. The van der Waals surface area contributed by atoms with Gasteiger partial charge in [-0.15, -0.1) is 0 Å². The summed E-state index contributed by atoms with van der Waals surface area (Å²) in [6.07, 6.45) is 8.83. The van der Waals surface area contributed by atoms with Crippen molar-refractivity contribution in [1.82, 2.24) is 10.9 Å². The summed E-state index contributed by atoms with van der Waals surface area (Å²) in [5.41, 5.74) is 8.34. The summed E-state index contributed by atoms with van der Waals surface area (Å²) in [5.74, 6) is 0.650. The minimum absolute atomic E-state index is 0.608. The predicted octanol–water partition coefficient (Wildman–Crippen LogP) is 1.65. The fraction of sp³-hybridized carbons (Fsp3) is 0.500. The Morgan fingerprint density at radius 1 is 1.22 bits per heavy atom. The van der Waals surface area contributed by atoms with Crippen LogP contribution in [0.4, 0.5) is 0 Å². The number of hydrazine groups is 1. The Labute approximate surface area is 109 Å². The molecule has 18 heavy (non-hydrogen) atoms. The highest BCUT2D eigenvalue weighted by Crippen LogP contribution is 2.27. The molecule has 1 heterocycles. The van der Waals surface area contributed by atoms with Crippen LogP contribution in [-0.2, 0) is 0 Å². The van der Waals surface area contributed by atoms with Crippen molar-refractivity contribution in [2.24, 2.45) is 5.92 Å². The summed E-state index contributed by atoms with van der Waals surface area (Å²) >= 11 is 0. The van der Waals surface area contributed by atoms with E-state index in [0.717, 1.165) is 0 Å². The first-order valence-corrected chi connectivity index (χ1v) is 7.21. The largest absolute Gasteiger partial charge is 0.324 e. The van der Waals surface area contributed by atoms with Crippen LogP contribution in [0.3, 0.4) is 0 Å². The van der Waals surface area contributed by atoms with Gasteiger partial charge in [-0.2, -0.15) is 0 Å². The molecule has 2 heteroatoms. The number of fused-ring (bicyclic) bond motifs is 2. The van der Waals surface area contributed by atoms with Crippen LogP contribution in [0, 0.1) is 5.92 Å². The molecule has 2 N–H and O–H groups in total. The maximum Gasteiger partial charge on any atom is 0.0390 e. The first-order valence-electron chi connectivity index (χ1n) is 7.21. The van der Waals surface area contributed by atoms with E-state index in [9.17, 15) is 0 Å². The fourth-order valence-electron chi connectivity index (χ4n) is 3.18. The van der Waals surface area contributed by atoms with Crippen molar-refractivity contribution < 1.29 is 0 Å². The quantitative estimate of drug-likeness (QED) is 0.785. The van der Waals surface area contributed by atoms with Crippen molar-refractivity contribution >= 4 is 11.8 Å². The topological polar surface area (TPSA) is 24.1 Å². The number of nitrogens with one attached hydrogen (secondary N) is 2. The molecular weight excluding hydrogens is 220 g/mol. The van der Waals surface area contributed by atoms with Crippen molar-refractivity contribution in [3.05, 3.63) is 34.7 Å². The summed E-state index contributed by atoms with van der Waals surface area (Å²) in [4.78, 5) is 0. The van der Waals surface area contributed by atoms with E-state index in [4.69, 9.17) is 0 Å². The Morgan fingerprint density at radius 2 is 2.11 bits per heavy atom. The second-order valence-corrected chi connectivity index (χ2v) is 5.42. The predicted molar refractivity (Wildman–Crippen MR) is 75.9 cm³/mol. The molecule has 2 nitrogen and oxygen atoms in total. The number of hydrogen-bond acceptors (Lipinski definition) is 2. The lowest BCUT2D eigenvalue weighted by Gasteiger charge is -2.19. The molecule has 2 atom stereocenters. The third-order valence-corrected chi connectivity index (χ3v) is 4.21. The van der Waals surface area contributed by atoms with E-state index in [0.29, 0.717) is 12.0 Å². The van der Waals surface area contributed by atoms with E-state index >= 15 is 0 Å². The van der Waals surface area contributed by atoms with Gasteiger partial charge in [0.05, 0.1) is 0 Å². The van der Waals surface area contributed by atoms with Crippen LogP contribution < -0.4 is 21.3 Å². The average Bonchev–Trinajstić information content (AvgIpc) is 2.83. The van der Waals surface area contributed by atoms with Gasteiger partial charge in [0.1, 0.15) is 0 Å². The average molecular weight is 242 g/mol. The Bertz CT molecular complexity index is 532. The van der Waals surface area contributed by atoms with E-state index in [-0.39, 0.29) is 0 Å². The summed E-state index contributed by atoms with van der Waals surface area (Å²) in [5, 5.41) is 2.77. The second kappa shape index (κ2) is 5.15. The van der Waals surface area contributed by atoms with Gasteiger partial charge in [-0.05, 0) is 18.1 Å². The minimum atomic E-state index is 0.608. The van der Waals surface area contributed by atoms with Crippen LogP contribution in [-0.4, -0.2) is 6.04 Å². The molecule has 1 saturated heterocycles. The van der Waals surface area contributed by atoms with Gasteiger partial charge in [0.15, 0.2) is 0 Å². The Kier molecular flexibility index (Phi) is 3.37. The number of rotatable bonds is 4. The van der Waals surface area contributed by atoms with Gasteiger partial charge in [0.25, 0.3) is 0 Å². The molecule has 1 fully saturated rings. The zero-order chi connectivity index (χ0) is 12.4. The van der Waals surface area contributed by atoms with E-state index < -0.39 is 0 Å². The lowest BCUT2D eigenvalue weighted by molar-refractivity contribution is 0.429. The molecule has 0 aromatic heterocycles. The van der Waals surface area contributed by atoms with Gasteiger partial charge in [0, 0.05) is 22.9 Å². The molecule has 0 radical (unpaired) electrons. The monoisotopic (exact) mass is 242 g/mol. The van der Waals surface area contributed by atoms with E-state index in [2.05, 4.69) is 48.1 Å². The SMILES string of the molecule is CCCCCC1NNC2=c3ccccc3=CCC21. The molecule has 0 bridgehead atoms. The third-order valence-electron chi connectivity index (χ3n) is 4.21. The van der Waals surface area contributed by atoms with Crippen molar-refractivity contribution in [2.45, 2.75) is 45.1 Å². The Morgan fingerprint density at radius 3 is 3.00 bits per heavy atom.